The Morgan fingerprint density at radius 3 is 2.20 bits per heavy atom. The number of hydrogen-bond acceptors (Lipinski definition) is 5. The summed E-state index contributed by atoms with van der Waals surface area (Å²) >= 11 is 6.06. The predicted octanol–water partition coefficient (Wildman–Crippen LogP) is 5.02. The van der Waals surface area contributed by atoms with Crippen LogP contribution in [-0.4, -0.2) is 50.9 Å². The normalized spacial score (nSPS) is 14.4. The smallest absolute Gasteiger partial charge is 0.264 e. The minimum Gasteiger partial charge on any atom is -0.497 e. The van der Waals surface area contributed by atoms with Crippen molar-refractivity contribution in [2.24, 2.45) is 0 Å². The number of methoxy groups -OCH3 is 1. The molecule has 0 aliphatic heterocycles. The molecular formula is C30H34ClN3O5S. The first-order valence-electron chi connectivity index (χ1n) is 13.2. The van der Waals surface area contributed by atoms with Crippen LogP contribution in [0.15, 0.2) is 83.8 Å². The Balaban J connectivity index is 1.67. The van der Waals surface area contributed by atoms with E-state index in [1.807, 2.05) is 0 Å². The molecule has 0 saturated heterocycles. The van der Waals surface area contributed by atoms with Crippen LogP contribution in [0.2, 0.25) is 5.02 Å². The fourth-order valence-corrected chi connectivity index (χ4v) is 6.32. The number of anilines is 1. The fraction of sp³-hybridized carbons (Fsp3) is 0.333. The van der Waals surface area contributed by atoms with Gasteiger partial charge < -0.3 is 15.0 Å². The van der Waals surface area contributed by atoms with E-state index in [9.17, 15) is 18.0 Å². The Hall–Kier alpha value is -3.56. The highest BCUT2D eigenvalue weighted by molar-refractivity contribution is 7.92. The van der Waals surface area contributed by atoms with Crippen molar-refractivity contribution >= 4 is 39.1 Å². The molecule has 0 spiro atoms. The van der Waals surface area contributed by atoms with Crippen molar-refractivity contribution in [2.75, 3.05) is 18.0 Å². The lowest BCUT2D eigenvalue weighted by atomic mass is 10.1. The number of nitrogens with one attached hydrogen (secondary N) is 1. The molecule has 1 atom stereocenters. The van der Waals surface area contributed by atoms with Crippen LogP contribution in [0.3, 0.4) is 0 Å². The third-order valence-corrected chi connectivity index (χ3v) is 9.15. The number of halogens is 1. The van der Waals surface area contributed by atoms with Gasteiger partial charge >= 0.3 is 0 Å². The third-order valence-electron chi connectivity index (χ3n) is 7.11. The van der Waals surface area contributed by atoms with Gasteiger partial charge in [-0.2, -0.15) is 0 Å². The largest absolute Gasteiger partial charge is 0.497 e. The van der Waals surface area contributed by atoms with Crippen LogP contribution >= 0.6 is 11.6 Å². The van der Waals surface area contributed by atoms with Crippen molar-refractivity contribution in [3.05, 3.63) is 89.4 Å². The van der Waals surface area contributed by atoms with Gasteiger partial charge in [0.05, 0.1) is 17.7 Å². The second kappa shape index (κ2) is 13.2. The highest BCUT2D eigenvalue weighted by atomic mass is 35.5. The van der Waals surface area contributed by atoms with Gasteiger partial charge in [-0.05, 0) is 73.9 Å². The van der Waals surface area contributed by atoms with Gasteiger partial charge in [-0.3, -0.25) is 13.9 Å². The SMILES string of the molecule is COc1ccc(N(CC(=O)N(Cc2ccc(Cl)cc2)[C@@H](C)C(=O)NC2CCCC2)S(=O)(=O)c2ccccc2)cc1. The van der Waals surface area contributed by atoms with Gasteiger partial charge in [0.1, 0.15) is 18.3 Å². The highest BCUT2D eigenvalue weighted by Crippen LogP contribution is 2.27. The van der Waals surface area contributed by atoms with Crippen molar-refractivity contribution in [3.63, 3.8) is 0 Å². The van der Waals surface area contributed by atoms with E-state index >= 15 is 0 Å². The quantitative estimate of drug-likeness (QED) is 0.342. The zero-order valence-electron chi connectivity index (χ0n) is 22.6. The number of hydrogen-bond donors (Lipinski definition) is 1. The maximum absolute atomic E-state index is 14.0. The Kier molecular flexibility index (Phi) is 9.71. The average molecular weight is 584 g/mol. The molecule has 1 aliphatic carbocycles. The summed E-state index contributed by atoms with van der Waals surface area (Å²) in [6, 6.07) is 20.6. The molecule has 212 valence electrons. The van der Waals surface area contributed by atoms with Gasteiger partial charge in [-0.1, -0.05) is 54.8 Å². The van der Waals surface area contributed by atoms with Crippen LogP contribution in [0.5, 0.6) is 5.75 Å². The van der Waals surface area contributed by atoms with Crippen LogP contribution in [-0.2, 0) is 26.2 Å². The molecule has 2 amide bonds. The third kappa shape index (κ3) is 7.14. The molecular weight excluding hydrogens is 550 g/mol. The van der Waals surface area contributed by atoms with E-state index in [1.54, 1.807) is 73.7 Å². The number of carbonyl (C=O) groups is 2. The summed E-state index contributed by atoms with van der Waals surface area (Å²) in [6.45, 7) is 1.27. The topological polar surface area (TPSA) is 96.0 Å². The lowest BCUT2D eigenvalue weighted by Crippen LogP contribution is -2.52. The molecule has 1 aliphatic rings. The number of amides is 2. The van der Waals surface area contributed by atoms with Crippen LogP contribution in [0, 0.1) is 0 Å². The van der Waals surface area contributed by atoms with E-state index in [1.165, 1.54) is 24.1 Å². The lowest BCUT2D eigenvalue weighted by molar-refractivity contribution is -0.139. The Bertz CT molecular complexity index is 1390. The van der Waals surface area contributed by atoms with Gasteiger partial charge in [-0.25, -0.2) is 8.42 Å². The summed E-state index contributed by atoms with van der Waals surface area (Å²) in [7, 11) is -2.60. The number of carbonyl (C=O) groups excluding carboxylic acids is 2. The summed E-state index contributed by atoms with van der Waals surface area (Å²) in [5, 5.41) is 3.61. The van der Waals surface area contributed by atoms with E-state index in [2.05, 4.69) is 5.32 Å². The number of benzene rings is 3. The molecule has 0 unspecified atom stereocenters. The number of sulfonamides is 1. The zero-order chi connectivity index (χ0) is 28.7. The Labute approximate surface area is 240 Å². The Morgan fingerprint density at radius 1 is 0.975 bits per heavy atom. The summed E-state index contributed by atoms with van der Waals surface area (Å²) < 4.78 is 33.9. The van der Waals surface area contributed by atoms with Crippen molar-refractivity contribution in [3.8, 4) is 5.75 Å². The molecule has 4 rings (SSSR count). The van der Waals surface area contributed by atoms with E-state index in [0.717, 1.165) is 35.6 Å². The standard InChI is InChI=1S/C30H34ClN3O5S/c1-22(30(36)32-25-8-6-7-9-25)33(20-23-12-14-24(31)15-13-23)29(35)21-34(26-16-18-27(39-2)19-17-26)40(37,38)28-10-4-3-5-11-28/h3-5,10-19,22,25H,6-9,20-21H2,1-2H3,(H,32,36)/t22-/m0/s1. The first kappa shape index (κ1) is 29.4. The number of rotatable bonds is 11. The molecule has 0 bridgehead atoms. The maximum Gasteiger partial charge on any atom is 0.264 e. The van der Waals surface area contributed by atoms with Crippen molar-refractivity contribution in [1.82, 2.24) is 10.2 Å². The van der Waals surface area contributed by atoms with Gasteiger partial charge in [0.2, 0.25) is 11.8 Å². The van der Waals surface area contributed by atoms with Crippen molar-refractivity contribution < 1.29 is 22.7 Å². The predicted molar refractivity (Wildman–Crippen MR) is 156 cm³/mol. The summed E-state index contributed by atoms with van der Waals surface area (Å²) in [6.07, 6.45) is 3.93. The molecule has 3 aromatic carbocycles. The van der Waals surface area contributed by atoms with E-state index in [-0.39, 0.29) is 23.4 Å². The molecule has 1 fully saturated rings. The monoisotopic (exact) mass is 583 g/mol. The molecule has 40 heavy (non-hydrogen) atoms. The zero-order valence-corrected chi connectivity index (χ0v) is 24.2. The van der Waals surface area contributed by atoms with Gasteiger partial charge in [0, 0.05) is 17.6 Å². The summed E-state index contributed by atoms with van der Waals surface area (Å²) in [5.41, 5.74) is 1.06. The van der Waals surface area contributed by atoms with Gasteiger partial charge in [-0.15, -0.1) is 0 Å². The van der Waals surface area contributed by atoms with Crippen LogP contribution in [0.4, 0.5) is 5.69 Å². The molecule has 0 aromatic heterocycles. The molecule has 10 heteroatoms. The van der Waals surface area contributed by atoms with E-state index in [0.29, 0.717) is 16.5 Å². The maximum atomic E-state index is 14.0. The minimum atomic E-state index is -4.12. The first-order valence-corrected chi connectivity index (χ1v) is 15.1. The van der Waals surface area contributed by atoms with Crippen LogP contribution in [0.1, 0.15) is 38.2 Å². The second-order valence-corrected chi connectivity index (χ2v) is 12.1. The minimum absolute atomic E-state index is 0.0508. The van der Waals surface area contributed by atoms with Crippen LogP contribution < -0.4 is 14.4 Å². The molecule has 0 radical (unpaired) electrons. The van der Waals surface area contributed by atoms with Crippen molar-refractivity contribution in [2.45, 2.75) is 56.1 Å². The summed E-state index contributed by atoms with van der Waals surface area (Å²) in [5.74, 6) is -0.232. The molecule has 1 N–H and O–H groups in total. The highest BCUT2D eigenvalue weighted by Gasteiger charge is 2.33. The lowest BCUT2D eigenvalue weighted by Gasteiger charge is -2.32. The van der Waals surface area contributed by atoms with Crippen LogP contribution in [0.25, 0.3) is 0 Å². The van der Waals surface area contributed by atoms with Gasteiger partial charge in [0.25, 0.3) is 10.0 Å². The van der Waals surface area contributed by atoms with E-state index in [4.69, 9.17) is 16.3 Å². The second-order valence-electron chi connectivity index (χ2n) is 9.84. The molecule has 0 heterocycles. The fourth-order valence-electron chi connectivity index (χ4n) is 4.76. The Morgan fingerprint density at radius 2 is 1.60 bits per heavy atom. The first-order chi connectivity index (χ1) is 19.2. The average Bonchev–Trinajstić information content (AvgIpc) is 3.48. The van der Waals surface area contributed by atoms with E-state index < -0.39 is 28.5 Å². The van der Waals surface area contributed by atoms with Crippen molar-refractivity contribution in [1.29, 1.82) is 0 Å². The molecule has 8 nitrogen and oxygen atoms in total. The molecule has 3 aromatic rings. The number of ether oxygens (including phenoxy) is 1. The summed E-state index contributed by atoms with van der Waals surface area (Å²) in [4.78, 5) is 28.7. The number of nitrogens with zero attached hydrogens (tertiary/aromatic N) is 2. The molecule has 1 saturated carbocycles. The van der Waals surface area contributed by atoms with Gasteiger partial charge in [0.15, 0.2) is 0 Å².